The molecule has 9 heteroatoms. The molecule has 0 aliphatic heterocycles. The van der Waals surface area contributed by atoms with Crippen LogP contribution in [0.3, 0.4) is 0 Å². The number of carbonyl (C=O) groups excluding carboxylic acids is 2. The molecule has 0 saturated carbocycles. The largest absolute Gasteiger partial charge is 0.508 e. The third-order valence-electron chi connectivity index (χ3n) is 5.48. The van der Waals surface area contributed by atoms with Crippen molar-refractivity contribution >= 4 is 23.2 Å². The Morgan fingerprint density at radius 1 is 0.806 bits per heavy atom. The van der Waals surface area contributed by atoms with Gasteiger partial charge in [-0.1, -0.05) is 12.1 Å². The first-order valence-corrected chi connectivity index (χ1v) is 11.2. The standard InChI is InChI=1S/C27H30N2O7/c1-33-22-11-5-18(6-12-22)17-29(20-15-23(34-2)27(36-4)24(16-20)35-3)26(32)14-13-25(31)28-19-7-9-21(30)10-8-19/h5-12,15-16,30H,13-14,17H2,1-4H3,(H,28,31). The van der Waals surface area contributed by atoms with E-state index in [0.29, 0.717) is 34.4 Å². The molecule has 2 amide bonds. The van der Waals surface area contributed by atoms with Gasteiger partial charge in [0.2, 0.25) is 17.6 Å². The van der Waals surface area contributed by atoms with Gasteiger partial charge in [0, 0.05) is 30.7 Å². The van der Waals surface area contributed by atoms with Crippen LogP contribution in [0.5, 0.6) is 28.7 Å². The summed E-state index contributed by atoms with van der Waals surface area (Å²) < 4.78 is 21.6. The number of aromatic hydroxyl groups is 1. The molecule has 0 saturated heterocycles. The van der Waals surface area contributed by atoms with Gasteiger partial charge in [-0.25, -0.2) is 0 Å². The summed E-state index contributed by atoms with van der Waals surface area (Å²) in [7, 11) is 6.10. The van der Waals surface area contributed by atoms with Crippen LogP contribution >= 0.6 is 0 Å². The molecule has 190 valence electrons. The number of hydrogen-bond donors (Lipinski definition) is 2. The fourth-order valence-corrected chi connectivity index (χ4v) is 3.58. The maximum Gasteiger partial charge on any atom is 0.227 e. The molecule has 0 radical (unpaired) electrons. The molecule has 0 heterocycles. The van der Waals surface area contributed by atoms with Gasteiger partial charge >= 0.3 is 0 Å². The second-order valence-electron chi connectivity index (χ2n) is 7.81. The second kappa shape index (κ2) is 12.3. The van der Waals surface area contributed by atoms with Crippen LogP contribution in [0.4, 0.5) is 11.4 Å². The first-order valence-electron chi connectivity index (χ1n) is 11.2. The van der Waals surface area contributed by atoms with Gasteiger partial charge in [-0.05, 0) is 42.0 Å². The highest BCUT2D eigenvalue weighted by molar-refractivity contribution is 5.98. The lowest BCUT2D eigenvalue weighted by atomic mass is 10.1. The van der Waals surface area contributed by atoms with E-state index in [1.165, 1.54) is 33.5 Å². The third-order valence-corrected chi connectivity index (χ3v) is 5.48. The Labute approximate surface area is 210 Å². The quantitative estimate of drug-likeness (QED) is 0.381. The van der Waals surface area contributed by atoms with Gasteiger partial charge in [0.15, 0.2) is 11.5 Å². The molecule has 0 bridgehead atoms. The lowest BCUT2D eigenvalue weighted by Crippen LogP contribution is -2.31. The summed E-state index contributed by atoms with van der Waals surface area (Å²) in [5.74, 6) is 1.45. The van der Waals surface area contributed by atoms with Crippen molar-refractivity contribution in [2.24, 2.45) is 0 Å². The van der Waals surface area contributed by atoms with Gasteiger partial charge in [-0.15, -0.1) is 0 Å². The van der Waals surface area contributed by atoms with Crippen LogP contribution in [-0.4, -0.2) is 45.4 Å². The summed E-state index contributed by atoms with van der Waals surface area (Å²) in [5, 5.41) is 12.1. The molecule has 0 unspecified atom stereocenters. The molecule has 0 spiro atoms. The van der Waals surface area contributed by atoms with Crippen LogP contribution in [0.25, 0.3) is 0 Å². The number of phenols is 1. The van der Waals surface area contributed by atoms with E-state index in [1.54, 1.807) is 36.3 Å². The monoisotopic (exact) mass is 494 g/mol. The van der Waals surface area contributed by atoms with Crippen LogP contribution in [0, 0.1) is 0 Å². The smallest absolute Gasteiger partial charge is 0.227 e. The van der Waals surface area contributed by atoms with Crippen molar-refractivity contribution in [2.75, 3.05) is 38.7 Å². The summed E-state index contributed by atoms with van der Waals surface area (Å²) in [6.07, 6.45) is -0.0556. The Kier molecular flexibility index (Phi) is 8.99. The Morgan fingerprint density at radius 3 is 1.94 bits per heavy atom. The van der Waals surface area contributed by atoms with E-state index in [9.17, 15) is 14.7 Å². The van der Waals surface area contributed by atoms with Crippen molar-refractivity contribution in [3.8, 4) is 28.7 Å². The van der Waals surface area contributed by atoms with Gasteiger partial charge in [0.05, 0.1) is 40.7 Å². The summed E-state index contributed by atoms with van der Waals surface area (Å²) in [4.78, 5) is 27.4. The molecule has 3 aromatic carbocycles. The number of hydrogen-bond acceptors (Lipinski definition) is 7. The van der Waals surface area contributed by atoms with Crippen molar-refractivity contribution in [2.45, 2.75) is 19.4 Å². The van der Waals surface area contributed by atoms with Crippen LogP contribution in [-0.2, 0) is 16.1 Å². The molecule has 9 nitrogen and oxygen atoms in total. The Bertz CT molecular complexity index is 1150. The van der Waals surface area contributed by atoms with Gasteiger partial charge in [0.1, 0.15) is 11.5 Å². The SMILES string of the molecule is COc1ccc(CN(C(=O)CCC(=O)Nc2ccc(O)cc2)c2cc(OC)c(OC)c(OC)c2)cc1. The van der Waals surface area contributed by atoms with Gasteiger partial charge in [-0.2, -0.15) is 0 Å². The summed E-state index contributed by atoms with van der Waals surface area (Å²) in [6, 6.07) is 16.9. The van der Waals surface area contributed by atoms with E-state index >= 15 is 0 Å². The molecule has 3 aromatic rings. The van der Waals surface area contributed by atoms with Gasteiger partial charge in [0.25, 0.3) is 0 Å². The lowest BCUT2D eigenvalue weighted by molar-refractivity contribution is -0.122. The molecular formula is C27H30N2O7. The van der Waals surface area contributed by atoms with E-state index in [4.69, 9.17) is 18.9 Å². The summed E-state index contributed by atoms with van der Waals surface area (Å²) in [5.41, 5.74) is 1.93. The number of amides is 2. The topological polar surface area (TPSA) is 107 Å². The predicted octanol–water partition coefficient (Wildman–Crippen LogP) is 4.38. The molecule has 2 N–H and O–H groups in total. The number of phenolic OH excluding ortho intramolecular Hbond substituents is 1. The number of anilines is 2. The Morgan fingerprint density at radius 2 is 1.42 bits per heavy atom. The predicted molar refractivity (Wildman–Crippen MR) is 136 cm³/mol. The van der Waals surface area contributed by atoms with Crippen LogP contribution in [0.15, 0.2) is 60.7 Å². The molecule has 36 heavy (non-hydrogen) atoms. The van der Waals surface area contributed by atoms with E-state index in [0.717, 1.165) is 5.56 Å². The maximum atomic E-state index is 13.4. The second-order valence-corrected chi connectivity index (χ2v) is 7.81. The fourth-order valence-electron chi connectivity index (χ4n) is 3.58. The minimum atomic E-state index is -0.316. The number of nitrogens with zero attached hydrogens (tertiary/aromatic N) is 1. The number of methoxy groups -OCH3 is 4. The number of ether oxygens (including phenoxy) is 4. The van der Waals surface area contributed by atoms with Gasteiger partial charge in [-0.3, -0.25) is 9.59 Å². The number of rotatable bonds is 11. The van der Waals surface area contributed by atoms with Crippen LogP contribution in [0.2, 0.25) is 0 Å². The molecule has 0 atom stereocenters. The van der Waals surface area contributed by atoms with Crippen molar-refractivity contribution in [3.05, 3.63) is 66.2 Å². The van der Waals surface area contributed by atoms with Crippen LogP contribution < -0.4 is 29.2 Å². The van der Waals surface area contributed by atoms with Crippen molar-refractivity contribution in [3.63, 3.8) is 0 Å². The van der Waals surface area contributed by atoms with Crippen molar-refractivity contribution < 1.29 is 33.6 Å². The maximum absolute atomic E-state index is 13.4. The third kappa shape index (κ3) is 6.59. The first kappa shape index (κ1) is 26.2. The Hall–Kier alpha value is -4.40. The fraction of sp³-hybridized carbons (Fsp3) is 0.259. The zero-order valence-electron chi connectivity index (χ0n) is 20.7. The van der Waals surface area contributed by atoms with E-state index in [-0.39, 0.29) is 37.0 Å². The highest BCUT2D eigenvalue weighted by Gasteiger charge is 2.22. The van der Waals surface area contributed by atoms with E-state index in [2.05, 4.69) is 5.32 Å². The lowest BCUT2D eigenvalue weighted by Gasteiger charge is -2.25. The summed E-state index contributed by atoms with van der Waals surface area (Å²) in [6.45, 7) is 0.251. The highest BCUT2D eigenvalue weighted by Crippen LogP contribution is 2.41. The van der Waals surface area contributed by atoms with Gasteiger partial charge < -0.3 is 34.3 Å². The number of nitrogens with one attached hydrogen (secondary N) is 1. The molecule has 3 rings (SSSR count). The van der Waals surface area contributed by atoms with E-state index < -0.39 is 0 Å². The zero-order valence-corrected chi connectivity index (χ0v) is 20.7. The molecule has 0 fully saturated rings. The summed E-state index contributed by atoms with van der Waals surface area (Å²) >= 11 is 0. The molecule has 0 aliphatic rings. The molecule has 0 aromatic heterocycles. The normalized spacial score (nSPS) is 10.3. The molecular weight excluding hydrogens is 464 g/mol. The average Bonchev–Trinajstić information content (AvgIpc) is 2.91. The van der Waals surface area contributed by atoms with E-state index in [1.807, 2.05) is 24.3 Å². The number of benzene rings is 3. The minimum absolute atomic E-state index is 0.0246. The van der Waals surface area contributed by atoms with Crippen molar-refractivity contribution in [1.82, 2.24) is 0 Å². The average molecular weight is 495 g/mol. The Balaban J connectivity index is 1.84. The van der Waals surface area contributed by atoms with Crippen molar-refractivity contribution in [1.29, 1.82) is 0 Å². The molecule has 0 aliphatic carbocycles. The highest BCUT2D eigenvalue weighted by atomic mass is 16.5. The minimum Gasteiger partial charge on any atom is -0.508 e. The van der Waals surface area contributed by atoms with Crippen LogP contribution in [0.1, 0.15) is 18.4 Å². The number of carbonyl (C=O) groups is 2. The zero-order chi connectivity index (χ0) is 26.1. The first-order chi connectivity index (χ1) is 17.4.